The summed E-state index contributed by atoms with van der Waals surface area (Å²) in [6, 6.07) is 10.7. The minimum Gasteiger partial charge on any atom is -0.233 e. The van der Waals surface area contributed by atoms with Crippen LogP contribution >= 0.6 is 0 Å². The van der Waals surface area contributed by atoms with Crippen molar-refractivity contribution >= 4 is 0 Å². The molecule has 0 spiro atoms. The summed E-state index contributed by atoms with van der Waals surface area (Å²) in [6.07, 6.45) is 7.48. The van der Waals surface area contributed by atoms with Gasteiger partial charge in [0, 0.05) is 0 Å². The second kappa shape index (κ2) is 5.87. The van der Waals surface area contributed by atoms with Gasteiger partial charge < -0.3 is 0 Å². The molecule has 4 atom stereocenters. The van der Waals surface area contributed by atoms with Gasteiger partial charge in [0.1, 0.15) is 5.60 Å². The highest BCUT2D eigenvalue weighted by molar-refractivity contribution is 5.14. The van der Waals surface area contributed by atoms with Crippen molar-refractivity contribution in [1.82, 2.24) is 0 Å². The van der Waals surface area contributed by atoms with E-state index < -0.39 is 0 Å². The second-order valence-electron chi connectivity index (χ2n) is 6.86. The SMILES string of the molecule is C[C@@H]1CC[C@H]2C[C@H]1OO[C@@]2(C)CCCc1ccccc1. The van der Waals surface area contributed by atoms with Gasteiger partial charge in [-0.05, 0) is 62.8 Å². The van der Waals surface area contributed by atoms with E-state index in [0.29, 0.717) is 17.9 Å². The van der Waals surface area contributed by atoms with Crippen LogP contribution in [-0.2, 0) is 16.2 Å². The summed E-state index contributed by atoms with van der Waals surface area (Å²) in [7, 11) is 0. The highest BCUT2D eigenvalue weighted by atomic mass is 17.2. The Morgan fingerprint density at radius 2 is 2.00 bits per heavy atom. The fourth-order valence-corrected chi connectivity index (χ4v) is 3.74. The average molecular weight is 274 g/mol. The van der Waals surface area contributed by atoms with Crippen LogP contribution in [0.5, 0.6) is 0 Å². The molecule has 2 fully saturated rings. The number of rotatable bonds is 4. The highest BCUT2D eigenvalue weighted by Gasteiger charge is 2.46. The van der Waals surface area contributed by atoms with E-state index in [9.17, 15) is 0 Å². The number of benzene rings is 1. The molecule has 0 amide bonds. The average Bonchev–Trinajstić information content (AvgIpc) is 2.47. The van der Waals surface area contributed by atoms with Crippen LogP contribution in [0, 0.1) is 11.8 Å². The molecule has 110 valence electrons. The van der Waals surface area contributed by atoms with Gasteiger partial charge in [0.2, 0.25) is 0 Å². The second-order valence-corrected chi connectivity index (χ2v) is 6.86. The van der Waals surface area contributed by atoms with Crippen molar-refractivity contribution in [3.63, 3.8) is 0 Å². The van der Waals surface area contributed by atoms with Crippen molar-refractivity contribution in [2.75, 3.05) is 0 Å². The minimum atomic E-state index is -0.0780. The van der Waals surface area contributed by atoms with Crippen LogP contribution in [0.2, 0.25) is 0 Å². The van der Waals surface area contributed by atoms with E-state index in [1.807, 2.05) is 0 Å². The van der Waals surface area contributed by atoms with Crippen LogP contribution in [-0.4, -0.2) is 11.7 Å². The van der Waals surface area contributed by atoms with Gasteiger partial charge in [-0.15, -0.1) is 0 Å². The first-order chi connectivity index (χ1) is 9.67. The van der Waals surface area contributed by atoms with E-state index >= 15 is 0 Å². The zero-order chi connectivity index (χ0) is 14.0. The topological polar surface area (TPSA) is 18.5 Å². The Morgan fingerprint density at radius 3 is 2.80 bits per heavy atom. The smallest absolute Gasteiger partial charge is 0.104 e. The largest absolute Gasteiger partial charge is 0.233 e. The lowest BCUT2D eigenvalue weighted by molar-refractivity contribution is -0.434. The van der Waals surface area contributed by atoms with E-state index in [-0.39, 0.29) is 5.60 Å². The van der Waals surface area contributed by atoms with E-state index in [2.05, 4.69) is 44.2 Å². The first kappa shape index (κ1) is 14.1. The Morgan fingerprint density at radius 1 is 1.20 bits per heavy atom. The summed E-state index contributed by atoms with van der Waals surface area (Å²) in [4.78, 5) is 11.5. The van der Waals surface area contributed by atoms with Crippen molar-refractivity contribution in [2.45, 2.75) is 64.1 Å². The number of fused-ring (bicyclic) bond motifs is 2. The Labute approximate surface area is 122 Å². The lowest BCUT2D eigenvalue weighted by Gasteiger charge is -2.48. The van der Waals surface area contributed by atoms with Crippen LogP contribution in [0.1, 0.15) is 51.5 Å². The standard InChI is InChI=1S/C18H26O2/c1-14-10-11-16-13-17(14)19-20-18(16,2)12-6-9-15-7-4-3-5-8-15/h3-5,7-8,14,16-17H,6,9-13H2,1-2H3/t14-,16+,17-,18+/m1/s1. The molecule has 20 heavy (non-hydrogen) atoms. The van der Waals surface area contributed by atoms with E-state index in [0.717, 1.165) is 12.8 Å². The highest BCUT2D eigenvalue weighted by Crippen LogP contribution is 2.45. The molecule has 1 aromatic rings. The molecule has 1 aliphatic carbocycles. The number of aryl methyl sites for hydroxylation is 1. The van der Waals surface area contributed by atoms with Gasteiger partial charge in [-0.2, -0.15) is 0 Å². The van der Waals surface area contributed by atoms with Gasteiger partial charge in [0.15, 0.2) is 0 Å². The first-order valence-electron chi connectivity index (χ1n) is 8.06. The predicted molar refractivity (Wildman–Crippen MR) is 80.2 cm³/mol. The zero-order valence-corrected chi connectivity index (χ0v) is 12.7. The van der Waals surface area contributed by atoms with E-state index in [1.165, 1.54) is 31.2 Å². The molecule has 1 heterocycles. The summed E-state index contributed by atoms with van der Waals surface area (Å²) in [6.45, 7) is 4.52. The maximum absolute atomic E-state index is 5.84. The molecule has 0 unspecified atom stereocenters. The Hall–Kier alpha value is -0.860. The Kier molecular flexibility index (Phi) is 4.13. The summed E-state index contributed by atoms with van der Waals surface area (Å²) >= 11 is 0. The molecule has 1 aromatic carbocycles. The fourth-order valence-electron chi connectivity index (χ4n) is 3.74. The first-order valence-corrected chi connectivity index (χ1v) is 8.06. The molecular weight excluding hydrogens is 248 g/mol. The summed E-state index contributed by atoms with van der Waals surface area (Å²) in [5.74, 6) is 1.33. The number of hydrogen-bond acceptors (Lipinski definition) is 2. The van der Waals surface area contributed by atoms with Gasteiger partial charge in [-0.25, -0.2) is 9.78 Å². The third kappa shape index (κ3) is 2.91. The lowest BCUT2D eigenvalue weighted by Crippen LogP contribution is -2.50. The van der Waals surface area contributed by atoms with Crippen LogP contribution in [0.3, 0.4) is 0 Å². The fraction of sp³-hybridized carbons (Fsp3) is 0.667. The zero-order valence-electron chi connectivity index (χ0n) is 12.7. The maximum Gasteiger partial charge on any atom is 0.104 e. The molecule has 1 saturated carbocycles. The molecule has 2 heteroatoms. The van der Waals surface area contributed by atoms with Gasteiger partial charge in [-0.1, -0.05) is 37.3 Å². The van der Waals surface area contributed by atoms with Crippen molar-refractivity contribution in [2.24, 2.45) is 11.8 Å². The van der Waals surface area contributed by atoms with Crippen LogP contribution in [0.25, 0.3) is 0 Å². The van der Waals surface area contributed by atoms with Crippen LogP contribution in [0.4, 0.5) is 0 Å². The van der Waals surface area contributed by atoms with E-state index in [1.54, 1.807) is 0 Å². The predicted octanol–water partition coefficient (Wildman–Crippen LogP) is 4.53. The van der Waals surface area contributed by atoms with Gasteiger partial charge >= 0.3 is 0 Å². The third-order valence-corrected chi connectivity index (χ3v) is 5.33. The Bertz CT molecular complexity index is 430. The quantitative estimate of drug-likeness (QED) is 0.751. The molecule has 1 saturated heterocycles. The van der Waals surface area contributed by atoms with Gasteiger partial charge in [0.25, 0.3) is 0 Å². The molecule has 0 N–H and O–H groups in total. The van der Waals surface area contributed by atoms with Gasteiger partial charge in [0.05, 0.1) is 6.10 Å². The van der Waals surface area contributed by atoms with Crippen LogP contribution in [0.15, 0.2) is 30.3 Å². The Balaban J connectivity index is 1.54. The molecule has 2 aliphatic rings. The normalized spacial score (nSPS) is 36.8. The lowest BCUT2D eigenvalue weighted by atomic mass is 9.71. The summed E-state index contributed by atoms with van der Waals surface area (Å²) in [5.41, 5.74) is 1.34. The summed E-state index contributed by atoms with van der Waals surface area (Å²) < 4.78 is 0. The van der Waals surface area contributed by atoms with Gasteiger partial charge in [-0.3, -0.25) is 0 Å². The number of hydrogen-bond donors (Lipinski definition) is 0. The van der Waals surface area contributed by atoms with Crippen molar-refractivity contribution < 1.29 is 9.78 Å². The van der Waals surface area contributed by atoms with E-state index in [4.69, 9.17) is 9.78 Å². The molecule has 0 radical (unpaired) electrons. The van der Waals surface area contributed by atoms with Crippen molar-refractivity contribution in [3.8, 4) is 0 Å². The van der Waals surface area contributed by atoms with Crippen molar-refractivity contribution in [3.05, 3.63) is 35.9 Å². The van der Waals surface area contributed by atoms with Crippen molar-refractivity contribution in [1.29, 1.82) is 0 Å². The molecule has 1 aliphatic heterocycles. The molecule has 2 bridgehead atoms. The monoisotopic (exact) mass is 274 g/mol. The summed E-state index contributed by atoms with van der Waals surface area (Å²) in [5, 5.41) is 0. The maximum atomic E-state index is 5.84. The molecule has 2 nitrogen and oxygen atoms in total. The molecular formula is C18H26O2. The van der Waals surface area contributed by atoms with Crippen LogP contribution < -0.4 is 0 Å². The minimum absolute atomic E-state index is 0.0780. The molecule has 0 aromatic heterocycles. The molecule has 3 rings (SSSR count). The third-order valence-electron chi connectivity index (χ3n) is 5.33.